The maximum atomic E-state index is 14.2. The molecule has 3 rings (SSSR count). The second kappa shape index (κ2) is 8.06. The predicted molar refractivity (Wildman–Crippen MR) is 101 cm³/mol. The molecule has 1 amide bonds. The number of fused-ring (bicyclic) bond motifs is 1. The van der Waals surface area contributed by atoms with Gasteiger partial charge < -0.3 is 20.2 Å². The molecule has 0 aliphatic carbocycles. The highest BCUT2D eigenvalue weighted by atomic mass is 35.5. The van der Waals surface area contributed by atoms with E-state index in [9.17, 15) is 23.9 Å². The van der Waals surface area contributed by atoms with Crippen molar-refractivity contribution in [1.29, 1.82) is 0 Å². The molecule has 0 bridgehead atoms. The molecule has 142 valence electrons. The fourth-order valence-corrected chi connectivity index (χ4v) is 2.74. The molecule has 0 fully saturated rings. The standard InChI is InChI=1S/C20H14ClFN2O4/c21-13-4-1-11(2-5-13)9-24-20(28)15-10-23-18-14(19(15)27)7-12(8-16(18)22)3-6-17(25)26/h1-8,10H,9H2,(H,23,27)(H,24,28)(H,25,26)/p-1/b6-3+. The second-order valence-corrected chi connectivity index (χ2v) is 6.35. The molecular formula is C20H13ClFN2O4-. The van der Waals surface area contributed by atoms with E-state index in [0.29, 0.717) is 5.02 Å². The summed E-state index contributed by atoms with van der Waals surface area (Å²) < 4.78 is 14.2. The van der Waals surface area contributed by atoms with Gasteiger partial charge in [-0.3, -0.25) is 9.59 Å². The molecule has 0 atom stereocenters. The van der Waals surface area contributed by atoms with Crippen LogP contribution >= 0.6 is 11.6 Å². The summed E-state index contributed by atoms with van der Waals surface area (Å²) in [5.41, 5.74) is -0.00848. The van der Waals surface area contributed by atoms with E-state index < -0.39 is 23.1 Å². The average molecular weight is 400 g/mol. The van der Waals surface area contributed by atoms with Gasteiger partial charge in [-0.15, -0.1) is 0 Å². The normalized spacial score (nSPS) is 11.1. The number of carbonyl (C=O) groups excluding carboxylic acids is 2. The summed E-state index contributed by atoms with van der Waals surface area (Å²) in [5, 5.41) is 13.6. The fraction of sp³-hybridized carbons (Fsp3) is 0.0500. The van der Waals surface area contributed by atoms with Gasteiger partial charge in [0.2, 0.25) is 5.43 Å². The SMILES string of the molecule is O=C([O-])/C=C/c1cc(F)c2[nH]cc(C(=O)NCc3ccc(Cl)cc3)c(=O)c2c1. The number of halogens is 2. The van der Waals surface area contributed by atoms with Crippen LogP contribution in [-0.4, -0.2) is 16.9 Å². The second-order valence-electron chi connectivity index (χ2n) is 5.92. The summed E-state index contributed by atoms with van der Waals surface area (Å²) in [7, 11) is 0. The summed E-state index contributed by atoms with van der Waals surface area (Å²) in [6.45, 7) is 0.177. The van der Waals surface area contributed by atoms with E-state index in [0.717, 1.165) is 30.0 Å². The van der Waals surface area contributed by atoms with Gasteiger partial charge in [0.15, 0.2) is 0 Å². The summed E-state index contributed by atoms with van der Waals surface area (Å²) in [4.78, 5) is 38.2. The van der Waals surface area contributed by atoms with Crippen molar-refractivity contribution in [1.82, 2.24) is 10.3 Å². The molecule has 0 saturated carbocycles. The zero-order valence-electron chi connectivity index (χ0n) is 14.3. The van der Waals surface area contributed by atoms with E-state index >= 15 is 0 Å². The molecule has 0 spiro atoms. The third kappa shape index (κ3) is 4.27. The van der Waals surface area contributed by atoms with Crippen LogP contribution in [0.25, 0.3) is 17.0 Å². The zero-order valence-corrected chi connectivity index (χ0v) is 15.0. The highest BCUT2D eigenvalue weighted by Crippen LogP contribution is 2.17. The molecule has 0 aliphatic rings. The van der Waals surface area contributed by atoms with Crippen LogP contribution in [-0.2, 0) is 11.3 Å². The first kappa shape index (κ1) is 19.3. The number of pyridine rings is 1. The number of carbonyl (C=O) groups is 2. The highest BCUT2D eigenvalue weighted by molar-refractivity contribution is 6.30. The number of aromatic nitrogens is 1. The van der Waals surface area contributed by atoms with Crippen molar-refractivity contribution in [2.24, 2.45) is 0 Å². The van der Waals surface area contributed by atoms with Gasteiger partial charge in [-0.1, -0.05) is 29.8 Å². The predicted octanol–water partition coefficient (Wildman–Crippen LogP) is 2.01. The van der Waals surface area contributed by atoms with E-state index in [2.05, 4.69) is 10.3 Å². The van der Waals surface area contributed by atoms with Crippen molar-refractivity contribution in [2.75, 3.05) is 0 Å². The van der Waals surface area contributed by atoms with Gasteiger partial charge >= 0.3 is 0 Å². The third-order valence-corrected chi connectivity index (χ3v) is 4.24. The maximum absolute atomic E-state index is 14.2. The zero-order chi connectivity index (χ0) is 20.3. The lowest BCUT2D eigenvalue weighted by atomic mass is 10.1. The molecule has 28 heavy (non-hydrogen) atoms. The molecule has 2 N–H and O–H groups in total. The van der Waals surface area contributed by atoms with E-state index in [-0.39, 0.29) is 28.6 Å². The van der Waals surface area contributed by atoms with Crippen LogP contribution in [0.3, 0.4) is 0 Å². The van der Waals surface area contributed by atoms with Crippen molar-refractivity contribution in [2.45, 2.75) is 6.54 Å². The lowest BCUT2D eigenvalue weighted by molar-refractivity contribution is -0.297. The smallest absolute Gasteiger partial charge is 0.257 e. The molecule has 0 unspecified atom stereocenters. The Labute approximate surface area is 163 Å². The Balaban J connectivity index is 1.91. The van der Waals surface area contributed by atoms with Crippen LogP contribution in [0, 0.1) is 5.82 Å². The molecule has 1 aromatic heterocycles. The maximum Gasteiger partial charge on any atom is 0.257 e. The average Bonchev–Trinajstić information content (AvgIpc) is 2.66. The number of amides is 1. The molecular weight excluding hydrogens is 387 g/mol. The molecule has 0 saturated heterocycles. The number of carboxylic acids is 1. The number of aliphatic carboxylic acids is 1. The Hall–Kier alpha value is -3.45. The monoisotopic (exact) mass is 399 g/mol. The molecule has 0 aliphatic heterocycles. The van der Waals surface area contributed by atoms with Crippen LogP contribution in [0.4, 0.5) is 4.39 Å². The summed E-state index contributed by atoms with van der Waals surface area (Å²) in [5.74, 6) is -2.83. The van der Waals surface area contributed by atoms with E-state index in [1.807, 2.05) is 0 Å². The van der Waals surface area contributed by atoms with Crippen molar-refractivity contribution in [3.05, 3.63) is 86.4 Å². The van der Waals surface area contributed by atoms with Gasteiger partial charge in [0.25, 0.3) is 5.91 Å². The molecule has 2 aromatic carbocycles. The number of nitrogens with one attached hydrogen (secondary N) is 2. The molecule has 0 radical (unpaired) electrons. The first-order valence-corrected chi connectivity index (χ1v) is 8.49. The summed E-state index contributed by atoms with van der Waals surface area (Å²) >= 11 is 5.81. The Kier molecular flexibility index (Phi) is 5.56. The minimum absolute atomic E-state index is 0.0721. The number of H-pyrrole nitrogens is 1. The van der Waals surface area contributed by atoms with Gasteiger partial charge in [0, 0.05) is 23.2 Å². The van der Waals surface area contributed by atoms with Crippen molar-refractivity contribution >= 4 is 40.5 Å². The van der Waals surface area contributed by atoms with Crippen molar-refractivity contribution in [3.8, 4) is 0 Å². The van der Waals surface area contributed by atoms with E-state index in [1.165, 1.54) is 6.07 Å². The number of hydrogen-bond donors (Lipinski definition) is 2. The molecule has 6 nitrogen and oxygen atoms in total. The number of carboxylic acid groups (broad SMARTS) is 1. The quantitative estimate of drug-likeness (QED) is 0.641. The number of hydrogen-bond acceptors (Lipinski definition) is 4. The number of aromatic amines is 1. The largest absolute Gasteiger partial charge is 0.545 e. The fourth-order valence-electron chi connectivity index (χ4n) is 2.62. The lowest BCUT2D eigenvalue weighted by Crippen LogP contribution is -2.28. The molecule has 1 heterocycles. The Morgan fingerprint density at radius 2 is 1.93 bits per heavy atom. The number of rotatable bonds is 5. The van der Waals surface area contributed by atoms with Crippen LogP contribution in [0.5, 0.6) is 0 Å². The summed E-state index contributed by atoms with van der Waals surface area (Å²) in [6, 6.07) is 9.19. The summed E-state index contributed by atoms with van der Waals surface area (Å²) in [6.07, 6.45) is 2.96. The minimum atomic E-state index is -1.45. The third-order valence-electron chi connectivity index (χ3n) is 3.99. The van der Waals surface area contributed by atoms with Crippen LogP contribution < -0.4 is 15.9 Å². The Bertz CT molecular complexity index is 1150. The number of benzene rings is 2. The van der Waals surface area contributed by atoms with Crippen LogP contribution in [0.15, 0.2) is 53.5 Å². The van der Waals surface area contributed by atoms with E-state index in [1.54, 1.807) is 24.3 Å². The minimum Gasteiger partial charge on any atom is -0.545 e. The topological polar surface area (TPSA) is 102 Å². The molecule has 3 aromatic rings. The first-order chi connectivity index (χ1) is 13.3. The van der Waals surface area contributed by atoms with Gasteiger partial charge in [-0.25, -0.2) is 4.39 Å². The van der Waals surface area contributed by atoms with Gasteiger partial charge in [-0.05, 0) is 41.5 Å². The van der Waals surface area contributed by atoms with Gasteiger partial charge in [-0.2, -0.15) is 0 Å². The highest BCUT2D eigenvalue weighted by Gasteiger charge is 2.15. The Morgan fingerprint density at radius 3 is 2.61 bits per heavy atom. The van der Waals surface area contributed by atoms with Crippen molar-refractivity contribution in [3.63, 3.8) is 0 Å². The first-order valence-electron chi connectivity index (χ1n) is 8.12. The van der Waals surface area contributed by atoms with Crippen LogP contribution in [0.2, 0.25) is 5.02 Å². The van der Waals surface area contributed by atoms with Crippen molar-refractivity contribution < 1.29 is 19.1 Å². The van der Waals surface area contributed by atoms with Crippen LogP contribution in [0.1, 0.15) is 21.5 Å². The van der Waals surface area contributed by atoms with Gasteiger partial charge in [0.05, 0.1) is 11.5 Å². The van der Waals surface area contributed by atoms with Gasteiger partial charge in [0.1, 0.15) is 11.4 Å². The Morgan fingerprint density at radius 1 is 1.21 bits per heavy atom. The molecule has 8 heteroatoms. The van der Waals surface area contributed by atoms with E-state index in [4.69, 9.17) is 11.6 Å². The lowest BCUT2D eigenvalue weighted by Gasteiger charge is -2.07.